The molecule has 14 N–H and O–H groups in total. The molecule has 3 heterocycles. The molecule has 0 aliphatic carbocycles. The highest BCUT2D eigenvalue weighted by atomic mass is 16.4. The molecule has 0 aliphatic rings. The molecule has 49 heavy (non-hydrogen) atoms. The van der Waals surface area contributed by atoms with Crippen molar-refractivity contribution >= 4 is 29.6 Å². The number of H-pyrrole nitrogens is 3. The minimum absolute atomic E-state index is 0.0326. The number of aromatic nitrogens is 6. The van der Waals surface area contributed by atoms with Crippen molar-refractivity contribution in [2.24, 2.45) is 17.2 Å². The summed E-state index contributed by atoms with van der Waals surface area (Å²) in [7, 11) is 0. The molecule has 3 rings (SSSR count). The first-order valence-corrected chi connectivity index (χ1v) is 16.1. The maximum atomic E-state index is 13.8. The van der Waals surface area contributed by atoms with Crippen LogP contribution in [0.3, 0.4) is 0 Å². The summed E-state index contributed by atoms with van der Waals surface area (Å²) in [5.41, 5.74) is 19.0. The number of carbonyl (C=O) groups excluding carboxylic acids is 4. The second-order valence-electron chi connectivity index (χ2n) is 11.6. The number of imidazole rings is 3. The van der Waals surface area contributed by atoms with E-state index in [0.717, 1.165) is 0 Å². The summed E-state index contributed by atoms with van der Waals surface area (Å²) in [6, 6.07) is -5.70. The smallest absolute Gasteiger partial charge is 0.326 e. The van der Waals surface area contributed by atoms with Gasteiger partial charge in [0.05, 0.1) is 25.0 Å². The summed E-state index contributed by atoms with van der Waals surface area (Å²) in [4.78, 5) is 86.2. The summed E-state index contributed by atoms with van der Waals surface area (Å²) < 4.78 is 0. The Morgan fingerprint density at radius 1 is 0.592 bits per heavy atom. The molecule has 0 radical (unpaired) electrons. The van der Waals surface area contributed by atoms with Gasteiger partial charge >= 0.3 is 5.97 Å². The number of nitrogens with two attached hydrogens (primary N) is 3. The van der Waals surface area contributed by atoms with Gasteiger partial charge < -0.3 is 58.5 Å². The molecule has 0 saturated carbocycles. The van der Waals surface area contributed by atoms with Gasteiger partial charge in [0.1, 0.15) is 24.2 Å². The van der Waals surface area contributed by atoms with Crippen molar-refractivity contribution in [1.29, 1.82) is 0 Å². The van der Waals surface area contributed by atoms with Crippen molar-refractivity contribution in [2.75, 3.05) is 13.1 Å². The number of aliphatic carboxylic acids is 1. The van der Waals surface area contributed by atoms with Gasteiger partial charge in [0, 0.05) is 54.9 Å². The Hall–Kier alpha value is -5.14. The molecule has 3 aromatic rings. The molecule has 4 amide bonds. The zero-order valence-electron chi connectivity index (χ0n) is 27.2. The molecule has 0 fully saturated rings. The maximum absolute atomic E-state index is 13.8. The molecule has 268 valence electrons. The third-order valence-corrected chi connectivity index (χ3v) is 7.70. The van der Waals surface area contributed by atoms with Crippen LogP contribution in [0.2, 0.25) is 0 Å². The Kier molecular flexibility index (Phi) is 15.9. The van der Waals surface area contributed by atoms with Crippen molar-refractivity contribution in [3.63, 3.8) is 0 Å². The summed E-state index contributed by atoms with van der Waals surface area (Å²) in [6.45, 7) is 0.728. The fourth-order valence-electron chi connectivity index (χ4n) is 4.99. The molecule has 0 aliphatic heterocycles. The molecule has 19 heteroatoms. The SMILES string of the molecule is NCCCC[C@H](NC(=O)[C@H](Cc1cnc[nH]1)NC(=O)[C@H](CCCCN)NC(=O)[C@@H](N)Cc1cnc[nH]1)C(=O)N[C@@H](Cc1cnc[nH]1)C(=O)O. The van der Waals surface area contributed by atoms with E-state index in [1.165, 1.54) is 31.4 Å². The van der Waals surface area contributed by atoms with Gasteiger partial charge in [-0.05, 0) is 51.6 Å². The van der Waals surface area contributed by atoms with Crippen molar-refractivity contribution < 1.29 is 29.1 Å². The number of nitrogens with one attached hydrogen (secondary N) is 7. The van der Waals surface area contributed by atoms with Gasteiger partial charge in [-0.1, -0.05) is 0 Å². The maximum Gasteiger partial charge on any atom is 0.326 e. The van der Waals surface area contributed by atoms with E-state index in [9.17, 15) is 29.1 Å². The fraction of sp³-hybridized carbons (Fsp3) is 0.533. The lowest BCUT2D eigenvalue weighted by Gasteiger charge is -2.26. The average molecular weight is 686 g/mol. The highest BCUT2D eigenvalue weighted by Crippen LogP contribution is 2.09. The monoisotopic (exact) mass is 685 g/mol. The van der Waals surface area contributed by atoms with Gasteiger partial charge in [0.15, 0.2) is 0 Å². The lowest BCUT2D eigenvalue weighted by molar-refractivity contribution is -0.142. The van der Waals surface area contributed by atoms with Gasteiger partial charge in [0.25, 0.3) is 0 Å². The molecular formula is C30H47N13O6. The molecule has 5 atom stereocenters. The topological polar surface area (TPSA) is 318 Å². The summed E-state index contributed by atoms with van der Waals surface area (Å²) >= 11 is 0. The normalized spacial score (nSPS) is 14.2. The van der Waals surface area contributed by atoms with Crippen LogP contribution in [0.25, 0.3) is 0 Å². The third kappa shape index (κ3) is 13.1. The fourth-order valence-corrected chi connectivity index (χ4v) is 4.99. The van der Waals surface area contributed by atoms with E-state index in [4.69, 9.17) is 17.2 Å². The number of carbonyl (C=O) groups is 5. The van der Waals surface area contributed by atoms with Crippen LogP contribution in [-0.2, 0) is 43.2 Å². The molecule has 3 aromatic heterocycles. The lowest BCUT2D eigenvalue weighted by atomic mass is 10.0. The largest absolute Gasteiger partial charge is 0.480 e. The molecule has 0 spiro atoms. The van der Waals surface area contributed by atoms with E-state index in [1.54, 1.807) is 6.20 Å². The Bertz CT molecular complexity index is 1430. The van der Waals surface area contributed by atoms with Crippen LogP contribution in [0.1, 0.15) is 55.6 Å². The van der Waals surface area contributed by atoms with E-state index in [2.05, 4.69) is 51.2 Å². The van der Waals surface area contributed by atoms with Crippen molar-refractivity contribution in [3.8, 4) is 0 Å². The second kappa shape index (κ2) is 20.3. The van der Waals surface area contributed by atoms with Crippen LogP contribution in [-0.4, -0.2) is 108 Å². The van der Waals surface area contributed by atoms with E-state index in [-0.39, 0.29) is 32.1 Å². The standard InChI is InChI=1S/C30H47N13O6/c31-7-3-1-5-22(40-26(44)21(33)9-18-12-34-15-37-18)27(45)42-24(10-19-13-35-16-38-19)29(47)41-23(6-2-4-8-32)28(46)43-25(30(48)49)11-20-14-36-17-39-20/h12-17,21-25H,1-11,31-33H2,(H,34,37)(H,35,38)(H,36,39)(H,40,44)(H,41,47)(H,42,45)(H,43,46)(H,48,49)/t21-,22-,23-,24-,25-/m0/s1. The average Bonchev–Trinajstić information content (AvgIpc) is 3.88. The number of amides is 4. The second-order valence-corrected chi connectivity index (χ2v) is 11.6. The van der Waals surface area contributed by atoms with Crippen molar-refractivity contribution in [1.82, 2.24) is 51.2 Å². The number of rotatable bonds is 23. The summed E-state index contributed by atoms with van der Waals surface area (Å²) in [5, 5.41) is 20.3. The summed E-state index contributed by atoms with van der Waals surface area (Å²) in [5.74, 6) is -3.92. The highest BCUT2D eigenvalue weighted by Gasteiger charge is 2.32. The Morgan fingerprint density at radius 2 is 0.980 bits per heavy atom. The first-order valence-electron chi connectivity index (χ1n) is 16.1. The van der Waals surface area contributed by atoms with E-state index in [1.807, 2.05) is 0 Å². The predicted molar refractivity (Wildman–Crippen MR) is 176 cm³/mol. The number of carboxylic acid groups (broad SMARTS) is 1. The van der Waals surface area contributed by atoms with Gasteiger partial charge in [-0.25, -0.2) is 19.7 Å². The molecule has 0 aromatic carbocycles. The Morgan fingerprint density at radius 3 is 1.41 bits per heavy atom. The first-order chi connectivity index (χ1) is 23.6. The van der Waals surface area contributed by atoms with Gasteiger partial charge in [-0.2, -0.15) is 0 Å². The van der Waals surface area contributed by atoms with Crippen LogP contribution in [0, 0.1) is 0 Å². The van der Waals surface area contributed by atoms with Crippen molar-refractivity contribution in [2.45, 2.75) is 88.0 Å². The van der Waals surface area contributed by atoms with Gasteiger partial charge in [0.2, 0.25) is 23.6 Å². The quantitative estimate of drug-likeness (QED) is 0.0461. The zero-order chi connectivity index (χ0) is 35.6. The predicted octanol–water partition coefficient (Wildman–Crippen LogP) is -2.51. The zero-order valence-corrected chi connectivity index (χ0v) is 27.2. The van der Waals surface area contributed by atoms with Crippen LogP contribution in [0.15, 0.2) is 37.6 Å². The first kappa shape index (κ1) is 38.3. The molecule has 19 nitrogen and oxygen atoms in total. The van der Waals surface area contributed by atoms with E-state index in [0.29, 0.717) is 55.9 Å². The minimum Gasteiger partial charge on any atom is -0.480 e. The van der Waals surface area contributed by atoms with Crippen LogP contribution in [0.4, 0.5) is 0 Å². The molecular weight excluding hydrogens is 638 g/mol. The number of unbranched alkanes of at least 4 members (excludes halogenated alkanes) is 2. The number of hydrogen-bond donors (Lipinski definition) is 11. The number of carboxylic acids is 1. The Balaban J connectivity index is 1.77. The number of aromatic amines is 3. The summed E-state index contributed by atoms with van der Waals surface area (Å²) in [6.07, 6.45) is 11.3. The van der Waals surface area contributed by atoms with Crippen molar-refractivity contribution in [3.05, 3.63) is 54.7 Å². The third-order valence-electron chi connectivity index (χ3n) is 7.70. The van der Waals surface area contributed by atoms with Crippen LogP contribution >= 0.6 is 0 Å². The number of hydrogen-bond acceptors (Lipinski definition) is 11. The van der Waals surface area contributed by atoms with Crippen LogP contribution < -0.4 is 38.5 Å². The lowest BCUT2D eigenvalue weighted by Crippen LogP contribution is -2.59. The van der Waals surface area contributed by atoms with E-state index < -0.39 is 59.8 Å². The Labute approximate surface area is 282 Å². The molecule has 0 bridgehead atoms. The van der Waals surface area contributed by atoms with Gasteiger partial charge in [-0.3, -0.25) is 19.2 Å². The van der Waals surface area contributed by atoms with E-state index >= 15 is 0 Å². The minimum atomic E-state index is -1.31. The van der Waals surface area contributed by atoms with Gasteiger partial charge in [-0.15, -0.1) is 0 Å². The number of nitrogens with zero attached hydrogens (tertiary/aromatic N) is 3. The highest BCUT2D eigenvalue weighted by molar-refractivity contribution is 5.95. The molecule has 0 unspecified atom stereocenters. The molecule has 0 saturated heterocycles. The van der Waals surface area contributed by atoms with Crippen LogP contribution in [0.5, 0.6) is 0 Å².